The van der Waals surface area contributed by atoms with Gasteiger partial charge in [-0.05, 0) is 85.5 Å². The Morgan fingerprint density at radius 1 is 1.00 bits per heavy atom. The summed E-state index contributed by atoms with van der Waals surface area (Å²) in [6.07, 6.45) is 10.6. The van der Waals surface area contributed by atoms with E-state index in [-0.39, 0.29) is 22.4 Å². The number of ketones is 1. The molecule has 6 fully saturated rings. The molecule has 144 valence electrons. The van der Waals surface area contributed by atoms with Crippen LogP contribution in [0.2, 0.25) is 0 Å². The van der Waals surface area contributed by atoms with Crippen molar-refractivity contribution in [2.45, 2.75) is 70.8 Å². The van der Waals surface area contributed by atoms with Crippen molar-refractivity contribution in [3.05, 3.63) is 11.6 Å². The van der Waals surface area contributed by atoms with Gasteiger partial charge in [0.1, 0.15) is 5.60 Å². The van der Waals surface area contributed by atoms with Crippen molar-refractivity contribution in [1.29, 1.82) is 0 Å². The third-order valence-corrected chi connectivity index (χ3v) is 10.9. The van der Waals surface area contributed by atoms with E-state index in [1.54, 1.807) is 0 Å². The van der Waals surface area contributed by atoms with Crippen LogP contribution in [0.4, 0.5) is 0 Å². The van der Waals surface area contributed by atoms with E-state index in [1.807, 2.05) is 0 Å². The van der Waals surface area contributed by atoms with Crippen LogP contribution in [-0.2, 0) is 14.3 Å². The summed E-state index contributed by atoms with van der Waals surface area (Å²) >= 11 is 0. The molecule has 5 saturated carbocycles. The zero-order valence-corrected chi connectivity index (χ0v) is 16.5. The Hall–Kier alpha value is -1.12. The molecule has 7 rings (SSSR count). The molecular weight excluding hydrogens is 336 g/mol. The van der Waals surface area contributed by atoms with Gasteiger partial charge in [0.2, 0.25) is 0 Å². The number of carbonyl (C=O) groups excluding carboxylic acids is 2. The first-order valence-electron chi connectivity index (χ1n) is 11.4. The molecule has 1 unspecified atom stereocenters. The highest BCUT2D eigenvalue weighted by Gasteiger charge is 2.81. The maximum absolute atomic E-state index is 12.2. The van der Waals surface area contributed by atoms with Crippen LogP contribution in [0.3, 0.4) is 0 Å². The van der Waals surface area contributed by atoms with Crippen LogP contribution in [0.25, 0.3) is 0 Å². The maximum Gasteiger partial charge on any atom is 0.306 e. The molecule has 0 aromatic rings. The Labute approximate surface area is 161 Å². The van der Waals surface area contributed by atoms with Crippen molar-refractivity contribution < 1.29 is 14.3 Å². The molecule has 1 heterocycles. The van der Waals surface area contributed by atoms with Crippen LogP contribution in [0.5, 0.6) is 0 Å². The molecule has 3 heteroatoms. The lowest BCUT2D eigenvalue weighted by atomic mass is 9.45. The lowest BCUT2D eigenvalue weighted by molar-refractivity contribution is -0.177. The molecule has 3 nitrogen and oxygen atoms in total. The van der Waals surface area contributed by atoms with Gasteiger partial charge in [-0.3, -0.25) is 9.59 Å². The van der Waals surface area contributed by atoms with Gasteiger partial charge in [-0.2, -0.15) is 0 Å². The van der Waals surface area contributed by atoms with E-state index in [0.29, 0.717) is 24.0 Å². The number of allylic oxidation sites excluding steroid dienone is 1. The molecule has 1 aliphatic heterocycles. The molecule has 10 atom stereocenters. The summed E-state index contributed by atoms with van der Waals surface area (Å²) in [5.74, 6) is 5.65. The van der Waals surface area contributed by atoms with Crippen molar-refractivity contribution in [3.8, 4) is 0 Å². The minimum Gasteiger partial charge on any atom is -0.458 e. The van der Waals surface area contributed by atoms with Crippen LogP contribution < -0.4 is 0 Å². The summed E-state index contributed by atoms with van der Waals surface area (Å²) in [4.78, 5) is 24.3. The van der Waals surface area contributed by atoms with Crippen LogP contribution >= 0.6 is 0 Å². The second kappa shape index (κ2) is 4.39. The molecule has 0 aromatic carbocycles. The zero-order valence-electron chi connectivity index (χ0n) is 16.5. The lowest BCUT2D eigenvalue weighted by Gasteiger charge is -2.60. The van der Waals surface area contributed by atoms with E-state index in [1.165, 1.54) is 31.3 Å². The van der Waals surface area contributed by atoms with Gasteiger partial charge in [-0.15, -0.1) is 0 Å². The van der Waals surface area contributed by atoms with E-state index in [4.69, 9.17) is 4.74 Å². The zero-order chi connectivity index (χ0) is 18.3. The standard InChI is InChI=1S/C24H30O3/c1-22-6-3-12(25)9-17(22)13-10-14(13)20-16(22)4-7-23(2)21(20)15-11-18(15)24(23)8-5-19(26)27-24/h9,13-16,18,20-21H,3-8,10-11H2,1-2H3/t13-,14+,15-,16+,18+,20?,21+,22-,23+,24+/m1/s1. The van der Waals surface area contributed by atoms with Crippen molar-refractivity contribution in [2.75, 3.05) is 0 Å². The molecule has 0 aromatic heterocycles. The molecule has 0 N–H and O–H groups in total. The largest absolute Gasteiger partial charge is 0.458 e. The van der Waals surface area contributed by atoms with E-state index in [2.05, 4.69) is 19.9 Å². The van der Waals surface area contributed by atoms with E-state index >= 15 is 0 Å². The second-order valence-corrected chi connectivity index (χ2v) is 11.5. The fourth-order valence-electron chi connectivity index (χ4n) is 9.74. The molecule has 6 aliphatic carbocycles. The number of rotatable bonds is 0. The SMILES string of the molecule is C[C@]12CCC(=O)C=C1[C@@H]1C[C@@H]1C1[C@@H]3[C@@H]4C[C@@H]4[C@@]4(CCC(=O)O4)[C@@]3(C)CC[C@@H]12. The van der Waals surface area contributed by atoms with Gasteiger partial charge in [0.15, 0.2) is 5.78 Å². The number of fused-ring (bicyclic) bond motifs is 12. The first-order chi connectivity index (χ1) is 12.9. The van der Waals surface area contributed by atoms with Crippen molar-refractivity contribution in [2.24, 2.45) is 52.3 Å². The van der Waals surface area contributed by atoms with Gasteiger partial charge >= 0.3 is 5.97 Å². The highest BCUT2D eigenvalue weighted by molar-refractivity contribution is 5.92. The van der Waals surface area contributed by atoms with Gasteiger partial charge < -0.3 is 4.74 Å². The monoisotopic (exact) mass is 366 g/mol. The highest BCUT2D eigenvalue weighted by atomic mass is 16.6. The first-order valence-corrected chi connectivity index (χ1v) is 11.4. The normalized spacial score (nSPS) is 62.0. The number of ether oxygens (including phenoxy) is 1. The minimum absolute atomic E-state index is 0.0561. The van der Waals surface area contributed by atoms with E-state index < -0.39 is 0 Å². The fourth-order valence-corrected chi connectivity index (χ4v) is 9.74. The van der Waals surface area contributed by atoms with Crippen LogP contribution in [0, 0.1) is 52.3 Å². The minimum atomic E-state index is -0.131. The summed E-state index contributed by atoms with van der Waals surface area (Å²) in [5.41, 5.74) is 1.85. The third-order valence-electron chi connectivity index (χ3n) is 10.9. The summed E-state index contributed by atoms with van der Waals surface area (Å²) < 4.78 is 6.22. The number of hydrogen-bond acceptors (Lipinski definition) is 3. The second-order valence-electron chi connectivity index (χ2n) is 11.5. The molecule has 1 spiro atoms. The Kier molecular flexibility index (Phi) is 2.56. The van der Waals surface area contributed by atoms with Crippen LogP contribution in [-0.4, -0.2) is 17.4 Å². The van der Waals surface area contributed by atoms with Crippen molar-refractivity contribution in [3.63, 3.8) is 0 Å². The predicted molar refractivity (Wildman–Crippen MR) is 99.5 cm³/mol. The Balaban J connectivity index is 1.33. The Bertz CT molecular complexity index is 827. The van der Waals surface area contributed by atoms with E-state index in [9.17, 15) is 9.59 Å². The van der Waals surface area contributed by atoms with Gasteiger partial charge in [0, 0.05) is 24.2 Å². The smallest absolute Gasteiger partial charge is 0.306 e. The molecule has 27 heavy (non-hydrogen) atoms. The first kappa shape index (κ1) is 15.8. The van der Waals surface area contributed by atoms with E-state index in [0.717, 1.165) is 48.9 Å². The number of hydrogen-bond donors (Lipinski definition) is 0. The van der Waals surface area contributed by atoms with Gasteiger partial charge in [-0.1, -0.05) is 19.4 Å². The molecule has 0 radical (unpaired) electrons. The quantitative estimate of drug-likeness (QED) is 0.600. The molecule has 1 saturated heterocycles. The number of carbonyl (C=O) groups is 2. The summed E-state index contributed by atoms with van der Waals surface area (Å²) in [7, 11) is 0. The predicted octanol–water partition coefficient (Wildman–Crippen LogP) is 4.31. The third kappa shape index (κ3) is 1.58. The highest BCUT2D eigenvalue weighted by Crippen LogP contribution is 2.82. The van der Waals surface area contributed by atoms with Crippen LogP contribution in [0.1, 0.15) is 65.2 Å². The molecule has 7 aliphatic rings. The van der Waals surface area contributed by atoms with Crippen molar-refractivity contribution in [1.82, 2.24) is 0 Å². The summed E-state index contributed by atoms with van der Waals surface area (Å²) in [5, 5.41) is 0. The van der Waals surface area contributed by atoms with Gasteiger partial charge in [0.05, 0.1) is 0 Å². The Morgan fingerprint density at radius 3 is 2.63 bits per heavy atom. The molecule has 0 bridgehead atoms. The maximum atomic E-state index is 12.2. The Morgan fingerprint density at radius 2 is 1.85 bits per heavy atom. The van der Waals surface area contributed by atoms with Crippen LogP contribution in [0.15, 0.2) is 11.6 Å². The summed E-state index contributed by atoms with van der Waals surface area (Å²) in [6.45, 7) is 4.99. The number of esters is 1. The van der Waals surface area contributed by atoms with Gasteiger partial charge in [0.25, 0.3) is 0 Å². The fraction of sp³-hybridized carbons (Fsp3) is 0.833. The summed E-state index contributed by atoms with van der Waals surface area (Å²) in [6, 6.07) is 0. The average Bonchev–Trinajstić information content (AvgIpc) is 3.53. The lowest BCUT2D eigenvalue weighted by Crippen LogP contribution is -2.57. The average molecular weight is 367 g/mol. The van der Waals surface area contributed by atoms with Gasteiger partial charge in [-0.25, -0.2) is 0 Å². The topological polar surface area (TPSA) is 43.4 Å². The molecular formula is C24H30O3. The molecule has 0 amide bonds. The van der Waals surface area contributed by atoms with Crippen molar-refractivity contribution >= 4 is 11.8 Å².